The molecule has 0 saturated carbocycles. The average Bonchev–Trinajstić information content (AvgIpc) is 2.43. The number of amides is 2. The highest BCUT2D eigenvalue weighted by Gasteiger charge is 2.12. The van der Waals surface area contributed by atoms with E-state index in [1.807, 2.05) is 0 Å². The van der Waals surface area contributed by atoms with Crippen molar-refractivity contribution in [1.82, 2.24) is 0 Å². The number of para-hydroxylation sites is 1. The van der Waals surface area contributed by atoms with Crippen molar-refractivity contribution in [2.45, 2.75) is 6.42 Å². The van der Waals surface area contributed by atoms with E-state index in [1.54, 1.807) is 30.3 Å². The van der Waals surface area contributed by atoms with Crippen LogP contribution in [0.25, 0.3) is 0 Å². The van der Waals surface area contributed by atoms with Crippen LogP contribution in [0.2, 0.25) is 0 Å². The first-order chi connectivity index (χ1) is 10.0. The summed E-state index contributed by atoms with van der Waals surface area (Å²) < 4.78 is 26.1. The molecular weight excluding hydrogens is 278 g/mol. The number of benzene rings is 2. The number of nitrogens with one attached hydrogen (secondary N) is 2. The molecule has 0 heterocycles. The number of hydrogen-bond donors (Lipinski definition) is 2. The lowest BCUT2D eigenvalue weighted by atomic mass is 10.2. The summed E-state index contributed by atoms with van der Waals surface area (Å²) in [6, 6.07) is 11.4. The Hall–Kier alpha value is -2.76. The van der Waals surface area contributed by atoms with Crippen molar-refractivity contribution in [3.8, 4) is 0 Å². The zero-order valence-electron chi connectivity index (χ0n) is 10.9. The Morgan fingerprint density at radius 1 is 0.905 bits per heavy atom. The van der Waals surface area contributed by atoms with E-state index in [0.29, 0.717) is 11.8 Å². The van der Waals surface area contributed by atoms with E-state index >= 15 is 0 Å². The second kappa shape index (κ2) is 6.60. The molecule has 2 N–H and O–H groups in total. The van der Waals surface area contributed by atoms with Crippen molar-refractivity contribution in [3.63, 3.8) is 0 Å². The number of carbonyl (C=O) groups is 2. The summed E-state index contributed by atoms with van der Waals surface area (Å²) in [7, 11) is 0. The fourth-order valence-corrected chi connectivity index (χ4v) is 1.66. The minimum absolute atomic E-state index is 0.172. The molecule has 4 nitrogen and oxygen atoms in total. The molecule has 0 aliphatic heterocycles. The Bertz CT molecular complexity index is 660. The van der Waals surface area contributed by atoms with Crippen molar-refractivity contribution in [2.24, 2.45) is 0 Å². The topological polar surface area (TPSA) is 58.2 Å². The third-order valence-electron chi connectivity index (χ3n) is 2.58. The molecule has 2 rings (SSSR count). The number of anilines is 2. The summed E-state index contributed by atoms with van der Waals surface area (Å²) in [5.74, 6) is -2.85. The summed E-state index contributed by atoms with van der Waals surface area (Å²) in [4.78, 5) is 23.2. The molecule has 21 heavy (non-hydrogen) atoms. The molecule has 0 aliphatic rings. The lowest BCUT2D eigenvalue weighted by Crippen LogP contribution is -2.21. The molecule has 0 bridgehead atoms. The van der Waals surface area contributed by atoms with Crippen molar-refractivity contribution < 1.29 is 18.4 Å². The van der Waals surface area contributed by atoms with Gasteiger partial charge in [-0.15, -0.1) is 0 Å². The first kappa shape index (κ1) is 14.6. The Morgan fingerprint density at radius 2 is 1.57 bits per heavy atom. The molecule has 0 unspecified atom stereocenters. The maximum Gasteiger partial charge on any atom is 0.233 e. The predicted molar refractivity (Wildman–Crippen MR) is 74.7 cm³/mol. The average molecular weight is 290 g/mol. The van der Waals surface area contributed by atoms with Crippen LogP contribution in [0.4, 0.5) is 20.2 Å². The molecule has 0 fully saturated rings. The van der Waals surface area contributed by atoms with Gasteiger partial charge in [0.1, 0.15) is 18.1 Å². The lowest BCUT2D eigenvalue weighted by molar-refractivity contribution is -0.123. The van der Waals surface area contributed by atoms with Gasteiger partial charge >= 0.3 is 0 Å². The predicted octanol–water partition coefficient (Wildman–Crippen LogP) is 2.93. The Balaban J connectivity index is 1.91. The first-order valence-corrected chi connectivity index (χ1v) is 6.14. The van der Waals surface area contributed by atoms with Crippen LogP contribution < -0.4 is 10.6 Å². The van der Waals surface area contributed by atoms with Gasteiger partial charge in [-0.25, -0.2) is 8.78 Å². The fraction of sp³-hybridized carbons (Fsp3) is 0.0667. The highest BCUT2D eigenvalue weighted by Crippen LogP contribution is 2.15. The summed E-state index contributed by atoms with van der Waals surface area (Å²) in [5.41, 5.74) is 0.386. The van der Waals surface area contributed by atoms with E-state index < -0.39 is 29.9 Å². The van der Waals surface area contributed by atoms with E-state index in [1.165, 1.54) is 0 Å². The minimum atomic E-state index is -0.896. The Morgan fingerprint density at radius 3 is 2.24 bits per heavy atom. The molecular formula is C15H12F2N2O2. The molecule has 2 amide bonds. The van der Waals surface area contributed by atoms with E-state index in [4.69, 9.17) is 0 Å². The van der Waals surface area contributed by atoms with Gasteiger partial charge in [-0.3, -0.25) is 9.59 Å². The number of rotatable bonds is 4. The van der Waals surface area contributed by atoms with Crippen LogP contribution in [0.1, 0.15) is 6.42 Å². The molecule has 6 heteroatoms. The second-order valence-corrected chi connectivity index (χ2v) is 4.26. The summed E-state index contributed by atoms with van der Waals surface area (Å²) >= 11 is 0. The van der Waals surface area contributed by atoms with Crippen LogP contribution in [0.15, 0.2) is 48.5 Å². The van der Waals surface area contributed by atoms with E-state index in [9.17, 15) is 18.4 Å². The zero-order chi connectivity index (χ0) is 15.2. The molecule has 0 spiro atoms. The van der Waals surface area contributed by atoms with E-state index in [-0.39, 0.29) is 5.69 Å². The van der Waals surface area contributed by atoms with Gasteiger partial charge in [0.15, 0.2) is 0 Å². The largest absolute Gasteiger partial charge is 0.326 e. The Kier molecular flexibility index (Phi) is 4.61. The second-order valence-electron chi connectivity index (χ2n) is 4.26. The fourth-order valence-electron chi connectivity index (χ4n) is 1.66. The SMILES string of the molecule is O=C(CC(=O)Nc1ccc(F)cc1F)Nc1ccccc1. The monoisotopic (exact) mass is 290 g/mol. The van der Waals surface area contributed by atoms with Crippen LogP contribution in [-0.2, 0) is 9.59 Å². The van der Waals surface area contributed by atoms with Crippen molar-refractivity contribution in [2.75, 3.05) is 10.6 Å². The maximum atomic E-state index is 13.3. The van der Waals surface area contributed by atoms with Crippen LogP contribution in [0.3, 0.4) is 0 Å². The van der Waals surface area contributed by atoms with Gasteiger partial charge in [0.2, 0.25) is 11.8 Å². The van der Waals surface area contributed by atoms with Gasteiger partial charge in [-0.05, 0) is 24.3 Å². The number of carbonyl (C=O) groups excluding carboxylic acids is 2. The van der Waals surface area contributed by atoms with Crippen molar-refractivity contribution >= 4 is 23.2 Å². The summed E-state index contributed by atoms with van der Waals surface area (Å²) in [6.45, 7) is 0. The standard InChI is InChI=1S/C15H12F2N2O2/c16-10-6-7-13(12(17)8-10)19-15(21)9-14(20)18-11-4-2-1-3-5-11/h1-8H,9H2,(H,18,20)(H,19,21). The molecule has 0 aliphatic carbocycles. The summed E-state index contributed by atoms with van der Waals surface area (Å²) in [6.07, 6.45) is -0.467. The van der Waals surface area contributed by atoms with Crippen LogP contribution in [0.5, 0.6) is 0 Å². The van der Waals surface area contributed by atoms with Crippen molar-refractivity contribution in [3.05, 3.63) is 60.2 Å². The Labute approximate surface area is 119 Å². The van der Waals surface area contributed by atoms with Gasteiger partial charge in [-0.1, -0.05) is 18.2 Å². The van der Waals surface area contributed by atoms with Gasteiger partial charge < -0.3 is 10.6 Å². The van der Waals surface area contributed by atoms with Crippen LogP contribution in [-0.4, -0.2) is 11.8 Å². The number of halogens is 2. The molecule has 0 atom stereocenters. The third kappa shape index (κ3) is 4.38. The van der Waals surface area contributed by atoms with Crippen LogP contribution in [0, 0.1) is 11.6 Å². The van der Waals surface area contributed by atoms with E-state index in [0.717, 1.165) is 12.1 Å². The lowest BCUT2D eigenvalue weighted by Gasteiger charge is -2.07. The molecule has 108 valence electrons. The van der Waals surface area contributed by atoms with Gasteiger partial charge in [0, 0.05) is 11.8 Å². The molecule has 0 radical (unpaired) electrons. The van der Waals surface area contributed by atoms with Crippen molar-refractivity contribution in [1.29, 1.82) is 0 Å². The first-order valence-electron chi connectivity index (χ1n) is 6.14. The van der Waals surface area contributed by atoms with Gasteiger partial charge in [-0.2, -0.15) is 0 Å². The molecule has 2 aromatic carbocycles. The van der Waals surface area contributed by atoms with Gasteiger partial charge in [0.25, 0.3) is 0 Å². The van der Waals surface area contributed by atoms with Crippen LogP contribution >= 0.6 is 0 Å². The molecule has 0 aromatic heterocycles. The highest BCUT2D eigenvalue weighted by molar-refractivity contribution is 6.08. The minimum Gasteiger partial charge on any atom is -0.326 e. The highest BCUT2D eigenvalue weighted by atomic mass is 19.1. The zero-order valence-corrected chi connectivity index (χ0v) is 10.9. The van der Waals surface area contributed by atoms with E-state index in [2.05, 4.69) is 10.6 Å². The summed E-state index contributed by atoms with van der Waals surface area (Å²) in [5, 5.41) is 4.74. The molecule has 2 aromatic rings. The third-order valence-corrected chi connectivity index (χ3v) is 2.58. The number of hydrogen-bond acceptors (Lipinski definition) is 2. The smallest absolute Gasteiger partial charge is 0.233 e. The molecule has 0 saturated heterocycles. The quantitative estimate of drug-likeness (QED) is 0.851. The normalized spacial score (nSPS) is 10.0. The maximum absolute atomic E-state index is 13.3. The van der Waals surface area contributed by atoms with Gasteiger partial charge in [0.05, 0.1) is 5.69 Å².